The molecule has 0 aliphatic carbocycles. The summed E-state index contributed by atoms with van der Waals surface area (Å²) in [4.78, 5) is 9.08. The zero-order chi connectivity index (χ0) is 11.7. The number of hydrogen-bond donors (Lipinski definition) is 2. The third-order valence-electron chi connectivity index (χ3n) is 3.12. The normalized spacial score (nSPS) is 20.6. The molecule has 1 fully saturated rings. The zero-order valence-corrected chi connectivity index (χ0v) is 9.90. The fourth-order valence-electron chi connectivity index (χ4n) is 2.33. The van der Waals surface area contributed by atoms with Gasteiger partial charge in [-0.1, -0.05) is 18.2 Å². The van der Waals surface area contributed by atoms with Crippen LogP contribution in [0.2, 0.25) is 0 Å². The van der Waals surface area contributed by atoms with Crippen LogP contribution in [0.5, 0.6) is 0 Å². The van der Waals surface area contributed by atoms with Crippen molar-refractivity contribution in [2.45, 2.75) is 13.0 Å². The van der Waals surface area contributed by atoms with Crippen molar-refractivity contribution in [3.63, 3.8) is 0 Å². The van der Waals surface area contributed by atoms with E-state index < -0.39 is 0 Å². The van der Waals surface area contributed by atoms with Crippen molar-refractivity contribution < 1.29 is 0 Å². The average molecular weight is 228 g/mol. The molecule has 4 nitrogen and oxygen atoms in total. The van der Waals surface area contributed by atoms with E-state index in [1.165, 1.54) is 0 Å². The van der Waals surface area contributed by atoms with Gasteiger partial charge in [-0.05, 0) is 13.0 Å². The molecular weight excluding hydrogens is 212 g/mol. The highest BCUT2D eigenvalue weighted by Crippen LogP contribution is 2.21. The lowest BCUT2D eigenvalue weighted by Crippen LogP contribution is -2.43. The number of hydrogen-bond acceptors (Lipinski definition) is 4. The third kappa shape index (κ3) is 2.01. The topological polar surface area (TPSA) is 49.8 Å². The van der Waals surface area contributed by atoms with Gasteiger partial charge >= 0.3 is 0 Å². The van der Waals surface area contributed by atoms with Crippen LogP contribution in [-0.2, 0) is 0 Å². The predicted molar refractivity (Wildman–Crippen MR) is 67.9 cm³/mol. The van der Waals surface area contributed by atoms with Crippen molar-refractivity contribution in [2.24, 2.45) is 0 Å². The molecule has 2 N–H and O–H groups in total. The van der Waals surface area contributed by atoms with Crippen LogP contribution in [0.15, 0.2) is 24.3 Å². The van der Waals surface area contributed by atoms with Gasteiger partial charge in [0.15, 0.2) is 0 Å². The lowest BCUT2D eigenvalue weighted by Gasteiger charge is -2.25. The Morgan fingerprint density at radius 3 is 2.88 bits per heavy atom. The molecule has 4 heteroatoms. The summed E-state index contributed by atoms with van der Waals surface area (Å²) in [6, 6.07) is 8.49. The second kappa shape index (κ2) is 4.39. The Hall–Kier alpha value is -1.52. The molecule has 88 valence electrons. The van der Waals surface area contributed by atoms with Crippen LogP contribution in [-0.4, -0.2) is 29.6 Å². The minimum atomic E-state index is 0.287. The molecule has 3 rings (SSSR count). The molecule has 0 spiro atoms. The molecule has 2 heterocycles. The molecule has 1 atom stereocenters. The SMILES string of the molecule is Cc1nc(C2CNCCN2)c2ccccc2n1. The second-order valence-corrected chi connectivity index (χ2v) is 4.38. The molecule has 17 heavy (non-hydrogen) atoms. The van der Waals surface area contributed by atoms with Crippen LogP contribution in [0, 0.1) is 6.92 Å². The number of para-hydroxylation sites is 1. The van der Waals surface area contributed by atoms with E-state index in [1.807, 2.05) is 25.1 Å². The summed E-state index contributed by atoms with van der Waals surface area (Å²) >= 11 is 0. The molecule has 0 radical (unpaired) electrons. The molecule has 0 bridgehead atoms. The van der Waals surface area contributed by atoms with Gasteiger partial charge in [-0.25, -0.2) is 9.97 Å². The lowest BCUT2D eigenvalue weighted by atomic mass is 10.1. The maximum Gasteiger partial charge on any atom is 0.126 e. The van der Waals surface area contributed by atoms with E-state index in [9.17, 15) is 0 Å². The van der Waals surface area contributed by atoms with E-state index >= 15 is 0 Å². The number of nitrogens with zero attached hydrogens (tertiary/aromatic N) is 2. The number of aryl methyl sites for hydroxylation is 1. The molecule has 1 aromatic carbocycles. The Kier molecular flexibility index (Phi) is 2.74. The number of piperazine rings is 1. The van der Waals surface area contributed by atoms with Gasteiger partial charge in [-0.2, -0.15) is 0 Å². The fourth-order valence-corrected chi connectivity index (χ4v) is 2.33. The van der Waals surface area contributed by atoms with Gasteiger partial charge in [-0.15, -0.1) is 0 Å². The highest BCUT2D eigenvalue weighted by atomic mass is 15.1. The van der Waals surface area contributed by atoms with E-state index in [0.29, 0.717) is 0 Å². The summed E-state index contributed by atoms with van der Waals surface area (Å²) in [5, 5.41) is 8.05. The number of fused-ring (bicyclic) bond motifs is 1. The highest BCUT2D eigenvalue weighted by Gasteiger charge is 2.18. The number of benzene rings is 1. The first-order chi connectivity index (χ1) is 8.34. The summed E-state index contributed by atoms with van der Waals surface area (Å²) in [5.74, 6) is 0.839. The summed E-state index contributed by atoms with van der Waals surface area (Å²) < 4.78 is 0. The summed E-state index contributed by atoms with van der Waals surface area (Å²) in [5.41, 5.74) is 2.14. The lowest BCUT2D eigenvalue weighted by molar-refractivity contribution is 0.424. The van der Waals surface area contributed by atoms with Crippen LogP contribution in [0.1, 0.15) is 17.6 Å². The standard InChI is InChI=1S/C13H16N4/c1-9-16-11-5-3-2-4-10(11)13(17-9)12-8-14-6-7-15-12/h2-5,12,14-15H,6-8H2,1H3. The van der Waals surface area contributed by atoms with Crippen LogP contribution in [0.25, 0.3) is 10.9 Å². The Labute approximate surface area is 100 Å². The number of aromatic nitrogens is 2. The Bertz CT molecular complexity index is 532. The van der Waals surface area contributed by atoms with Crippen molar-refractivity contribution in [3.05, 3.63) is 35.8 Å². The first-order valence-electron chi connectivity index (χ1n) is 6.02. The first kappa shape index (κ1) is 10.6. The minimum Gasteiger partial charge on any atom is -0.314 e. The van der Waals surface area contributed by atoms with E-state index in [0.717, 1.165) is 42.1 Å². The molecule has 1 unspecified atom stereocenters. The van der Waals surface area contributed by atoms with Gasteiger partial charge in [0.2, 0.25) is 0 Å². The van der Waals surface area contributed by atoms with Gasteiger partial charge in [0.25, 0.3) is 0 Å². The molecule has 0 saturated carbocycles. The maximum atomic E-state index is 4.61. The Morgan fingerprint density at radius 2 is 2.06 bits per heavy atom. The van der Waals surface area contributed by atoms with Crippen molar-refractivity contribution >= 4 is 10.9 Å². The van der Waals surface area contributed by atoms with E-state index in [-0.39, 0.29) is 6.04 Å². The molecular formula is C13H16N4. The van der Waals surface area contributed by atoms with Crippen LogP contribution < -0.4 is 10.6 Å². The quantitative estimate of drug-likeness (QED) is 0.769. The molecule has 1 saturated heterocycles. The smallest absolute Gasteiger partial charge is 0.126 e. The van der Waals surface area contributed by atoms with Crippen LogP contribution >= 0.6 is 0 Å². The Balaban J connectivity index is 2.13. The van der Waals surface area contributed by atoms with E-state index in [4.69, 9.17) is 0 Å². The second-order valence-electron chi connectivity index (χ2n) is 4.38. The van der Waals surface area contributed by atoms with E-state index in [2.05, 4.69) is 26.7 Å². The van der Waals surface area contributed by atoms with Crippen LogP contribution in [0.3, 0.4) is 0 Å². The van der Waals surface area contributed by atoms with Crippen molar-refractivity contribution in [1.29, 1.82) is 0 Å². The summed E-state index contributed by atoms with van der Waals surface area (Å²) in [7, 11) is 0. The minimum absolute atomic E-state index is 0.287. The molecule has 1 aliphatic rings. The third-order valence-corrected chi connectivity index (χ3v) is 3.12. The number of nitrogens with one attached hydrogen (secondary N) is 2. The first-order valence-corrected chi connectivity index (χ1v) is 6.02. The summed E-state index contributed by atoms with van der Waals surface area (Å²) in [6.45, 7) is 4.90. The van der Waals surface area contributed by atoms with Crippen molar-refractivity contribution in [1.82, 2.24) is 20.6 Å². The predicted octanol–water partition coefficient (Wildman–Crippen LogP) is 1.17. The molecule has 1 aromatic heterocycles. The molecule has 0 amide bonds. The van der Waals surface area contributed by atoms with Crippen molar-refractivity contribution in [3.8, 4) is 0 Å². The van der Waals surface area contributed by atoms with Gasteiger partial charge in [-0.3, -0.25) is 0 Å². The van der Waals surface area contributed by atoms with Gasteiger partial charge in [0.1, 0.15) is 5.82 Å². The fraction of sp³-hybridized carbons (Fsp3) is 0.385. The zero-order valence-electron chi connectivity index (χ0n) is 9.90. The molecule has 2 aromatic rings. The van der Waals surface area contributed by atoms with Crippen molar-refractivity contribution in [2.75, 3.05) is 19.6 Å². The molecule has 1 aliphatic heterocycles. The largest absolute Gasteiger partial charge is 0.314 e. The summed E-state index contributed by atoms with van der Waals surface area (Å²) in [6.07, 6.45) is 0. The van der Waals surface area contributed by atoms with E-state index in [1.54, 1.807) is 0 Å². The van der Waals surface area contributed by atoms with Gasteiger partial charge < -0.3 is 10.6 Å². The highest BCUT2D eigenvalue weighted by molar-refractivity contribution is 5.81. The van der Waals surface area contributed by atoms with Gasteiger partial charge in [0, 0.05) is 25.0 Å². The van der Waals surface area contributed by atoms with Gasteiger partial charge in [0.05, 0.1) is 17.3 Å². The monoisotopic (exact) mass is 228 g/mol. The maximum absolute atomic E-state index is 4.61. The average Bonchev–Trinajstić information content (AvgIpc) is 2.39. The van der Waals surface area contributed by atoms with Crippen LogP contribution in [0.4, 0.5) is 0 Å². The Morgan fingerprint density at radius 1 is 1.18 bits per heavy atom. The number of rotatable bonds is 1.